The summed E-state index contributed by atoms with van der Waals surface area (Å²) in [5.74, 6) is 1.10. The van der Waals surface area contributed by atoms with Crippen LogP contribution in [0.1, 0.15) is 36.2 Å². The average molecular weight is 354 g/mol. The van der Waals surface area contributed by atoms with Gasteiger partial charge < -0.3 is 14.2 Å². The van der Waals surface area contributed by atoms with E-state index in [1.807, 2.05) is 13.0 Å². The molecule has 5 nitrogen and oxygen atoms in total. The Morgan fingerprint density at radius 2 is 1.77 bits per heavy atom. The molecule has 0 aliphatic rings. The molecule has 0 fully saturated rings. The van der Waals surface area contributed by atoms with Crippen LogP contribution >= 0.6 is 0 Å². The molecule has 0 amide bonds. The number of hydrogen-bond donors (Lipinski definition) is 0. The number of esters is 1. The SMILES string of the molecule is CCCOc1ccc(/C=C/C(=O)Oc2ccc(C(C)=O)cc2)cc1OC. The van der Waals surface area contributed by atoms with Crippen LogP contribution in [0.4, 0.5) is 0 Å². The van der Waals surface area contributed by atoms with Crippen molar-refractivity contribution in [3.05, 3.63) is 59.7 Å². The number of Topliss-reactive ketones (excluding diaryl/α,β-unsaturated/α-hetero) is 1. The van der Waals surface area contributed by atoms with E-state index in [-0.39, 0.29) is 5.78 Å². The van der Waals surface area contributed by atoms with Gasteiger partial charge in [-0.05, 0) is 61.4 Å². The summed E-state index contributed by atoms with van der Waals surface area (Å²) < 4.78 is 16.1. The van der Waals surface area contributed by atoms with Gasteiger partial charge >= 0.3 is 5.97 Å². The Kier molecular flexibility index (Phi) is 6.97. The Balaban J connectivity index is 2.01. The Labute approximate surface area is 153 Å². The van der Waals surface area contributed by atoms with Crippen molar-refractivity contribution < 1.29 is 23.8 Å². The fourth-order valence-corrected chi connectivity index (χ4v) is 2.19. The zero-order valence-electron chi connectivity index (χ0n) is 15.2. The third-order valence-corrected chi connectivity index (χ3v) is 3.54. The molecular weight excluding hydrogens is 332 g/mol. The van der Waals surface area contributed by atoms with Crippen molar-refractivity contribution in [3.8, 4) is 17.2 Å². The third-order valence-electron chi connectivity index (χ3n) is 3.54. The molecule has 0 saturated heterocycles. The minimum absolute atomic E-state index is 0.0388. The second-order valence-electron chi connectivity index (χ2n) is 5.59. The Morgan fingerprint density at radius 1 is 1.04 bits per heavy atom. The van der Waals surface area contributed by atoms with E-state index in [4.69, 9.17) is 14.2 Å². The van der Waals surface area contributed by atoms with Crippen LogP contribution in [0.25, 0.3) is 6.08 Å². The maximum absolute atomic E-state index is 11.9. The first-order valence-corrected chi connectivity index (χ1v) is 8.35. The van der Waals surface area contributed by atoms with Gasteiger partial charge in [-0.15, -0.1) is 0 Å². The molecule has 0 bridgehead atoms. The summed E-state index contributed by atoms with van der Waals surface area (Å²) in [5.41, 5.74) is 1.35. The van der Waals surface area contributed by atoms with E-state index in [0.29, 0.717) is 29.4 Å². The number of methoxy groups -OCH3 is 1. The first-order valence-electron chi connectivity index (χ1n) is 8.35. The Bertz CT molecular complexity index is 791. The van der Waals surface area contributed by atoms with Gasteiger partial charge in [0.1, 0.15) is 5.75 Å². The number of hydrogen-bond acceptors (Lipinski definition) is 5. The second kappa shape index (κ2) is 9.42. The van der Waals surface area contributed by atoms with Crippen LogP contribution in [0.5, 0.6) is 17.2 Å². The lowest BCUT2D eigenvalue weighted by atomic mass is 10.1. The molecule has 0 spiro atoms. The molecule has 2 aromatic rings. The standard InChI is InChI=1S/C21H22O5/c1-4-13-25-19-11-5-16(14-20(19)24-3)6-12-21(23)26-18-9-7-17(8-10-18)15(2)22/h5-12,14H,4,13H2,1-3H3/b12-6+. The zero-order chi connectivity index (χ0) is 18.9. The largest absolute Gasteiger partial charge is 0.493 e. The van der Waals surface area contributed by atoms with Gasteiger partial charge in [-0.25, -0.2) is 4.79 Å². The number of carbonyl (C=O) groups is 2. The van der Waals surface area contributed by atoms with Crippen LogP contribution in [0.2, 0.25) is 0 Å². The number of ether oxygens (including phenoxy) is 3. The van der Waals surface area contributed by atoms with Crippen LogP contribution in [-0.2, 0) is 4.79 Å². The van der Waals surface area contributed by atoms with Crippen molar-refractivity contribution in [1.82, 2.24) is 0 Å². The van der Waals surface area contributed by atoms with E-state index in [1.165, 1.54) is 13.0 Å². The van der Waals surface area contributed by atoms with Gasteiger partial charge in [-0.2, -0.15) is 0 Å². The van der Waals surface area contributed by atoms with Crippen LogP contribution in [0, 0.1) is 0 Å². The van der Waals surface area contributed by atoms with Gasteiger partial charge in [-0.1, -0.05) is 13.0 Å². The van der Waals surface area contributed by atoms with E-state index in [9.17, 15) is 9.59 Å². The summed E-state index contributed by atoms with van der Waals surface area (Å²) in [5, 5.41) is 0. The van der Waals surface area contributed by atoms with Crippen LogP contribution in [-0.4, -0.2) is 25.5 Å². The molecule has 0 radical (unpaired) electrons. The third kappa shape index (κ3) is 5.48. The number of benzene rings is 2. The van der Waals surface area contributed by atoms with Crippen molar-refractivity contribution >= 4 is 17.8 Å². The lowest BCUT2D eigenvalue weighted by molar-refractivity contribution is -0.128. The molecule has 0 aliphatic heterocycles. The first-order chi connectivity index (χ1) is 12.5. The van der Waals surface area contributed by atoms with Gasteiger partial charge in [0, 0.05) is 11.6 Å². The molecule has 0 N–H and O–H groups in total. The maximum atomic E-state index is 11.9. The lowest BCUT2D eigenvalue weighted by Gasteiger charge is -2.10. The molecule has 136 valence electrons. The monoisotopic (exact) mass is 354 g/mol. The molecule has 5 heteroatoms. The molecule has 0 saturated carbocycles. The quantitative estimate of drug-likeness (QED) is 0.306. The van der Waals surface area contributed by atoms with Gasteiger partial charge in [0.2, 0.25) is 0 Å². The number of carbonyl (C=O) groups excluding carboxylic acids is 2. The van der Waals surface area contributed by atoms with Crippen LogP contribution in [0.15, 0.2) is 48.5 Å². The molecule has 0 atom stereocenters. The highest BCUT2D eigenvalue weighted by atomic mass is 16.5. The van der Waals surface area contributed by atoms with Crippen molar-refractivity contribution in [3.63, 3.8) is 0 Å². The summed E-state index contributed by atoms with van der Waals surface area (Å²) in [6, 6.07) is 11.8. The van der Waals surface area contributed by atoms with E-state index in [2.05, 4.69) is 0 Å². The normalized spacial score (nSPS) is 10.6. The minimum Gasteiger partial charge on any atom is -0.493 e. The van der Waals surface area contributed by atoms with Gasteiger partial charge in [0.25, 0.3) is 0 Å². The molecule has 26 heavy (non-hydrogen) atoms. The lowest BCUT2D eigenvalue weighted by Crippen LogP contribution is -2.04. The highest BCUT2D eigenvalue weighted by Gasteiger charge is 2.06. The second-order valence-corrected chi connectivity index (χ2v) is 5.59. The maximum Gasteiger partial charge on any atom is 0.336 e. The fraction of sp³-hybridized carbons (Fsp3) is 0.238. The highest BCUT2D eigenvalue weighted by Crippen LogP contribution is 2.28. The van der Waals surface area contributed by atoms with E-state index in [1.54, 1.807) is 49.6 Å². The van der Waals surface area contributed by atoms with E-state index >= 15 is 0 Å². The number of ketones is 1. The van der Waals surface area contributed by atoms with E-state index < -0.39 is 5.97 Å². The highest BCUT2D eigenvalue weighted by molar-refractivity contribution is 5.94. The summed E-state index contributed by atoms with van der Waals surface area (Å²) in [7, 11) is 1.57. The molecule has 0 aliphatic carbocycles. The zero-order valence-corrected chi connectivity index (χ0v) is 15.2. The van der Waals surface area contributed by atoms with Crippen molar-refractivity contribution in [1.29, 1.82) is 0 Å². The van der Waals surface area contributed by atoms with Crippen LogP contribution in [0.3, 0.4) is 0 Å². The average Bonchev–Trinajstić information content (AvgIpc) is 2.65. The van der Waals surface area contributed by atoms with Gasteiger partial charge in [0.15, 0.2) is 17.3 Å². The molecule has 0 heterocycles. The van der Waals surface area contributed by atoms with Gasteiger partial charge in [0.05, 0.1) is 13.7 Å². The summed E-state index contributed by atoms with van der Waals surface area (Å²) in [4.78, 5) is 23.2. The number of rotatable bonds is 8. The van der Waals surface area contributed by atoms with Crippen molar-refractivity contribution in [2.75, 3.05) is 13.7 Å². The predicted molar refractivity (Wildman–Crippen MR) is 99.9 cm³/mol. The summed E-state index contributed by atoms with van der Waals surface area (Å²) >= 11 is 0. The van der Waals surface area contributed by atoms with E-state index in [0.717, 1.165) is 12.0 Å². The molecule has 2 rings (SSSR count). The smallest absolute Gasteiger partial charge is 0.336 e. The Hall–Kier alpha value is -3.08. The summed E-state index contributed by atoms with van der Waals surface area (Å²) in [6.07, 6.45) is 3.88. The molecular formula is C21H22O5. The predicted octanol–water partition coefficient (Wildman–Crippen LogP) is 4.31. The summed E-state index contributed by atoms with van der Waals surface area (Å²) in [6.45, 7) is 4.12. The minimum atomic E-state index is -0.508. The molecule has 0 aromatic heterocycles. The Morgan fingerprint density at radius 3 is 2.38 bits per heavy atom. The molecule has 0 unspecified atom stereocenters. The fourth-order valence-electron chi connectivity index (χ4n) is 2.19. The first kappa shape index (κ1) is 19.2. The van der Waals surface area contributed by atoms with Crippen molar-refractivity contribution in [2.24, 2.45) is 0 Å². The van der Waals surface area contributed by atoms with Crippen LogP contribution < -0.4 is 14.2 Å². The van der Waals surface area contributed by atoms with Gasteiger partial charge in [-0.3, -0.25) is 4.79 Å². The van der Waals surface area contributed by atoms with Crippen molar-refractivity contribution in [2.45, 2.75) is 20.3 Å². The topological polar surface area (TPSA) is 61.8 Å². The molecule has 2 aromatic carbocycles.